The minimum Gasteiger partial charge on any atom is -0.354 e. The molecule has 80 valence electrons. The van der Waals surface area contributed by atoms with Gasteiger partial charge in [-0.1, -0.05) is 20.4 Å². The van der Waals surface area contributed by atoms with E-state index in [2.05, 4.69) is 17.2 Å². The van der Waals surface area contributed by atoms with E-state index < -0.39 is 0 Å². The van der Waals surface area contributed by atoms with Gasteiger partial charge in [0.2, 0.25) is 11.8 Å². The van der Waals surface area contributed by atoms with Gasteiger partial charge >= 0.3 is 0 Å². The van der Waals surface area contributed by atoms with Gasteiger partial charge in [0.1, 0.15) is 0 Å². The molecule has 0 aliphatic carbocycles. The molecule has 2 N–H and O–H groups in total. The highest BCUT2D eigenvalue weighted by Crippen LogP contribution is 1.87. The van der Waals surface area contributed by atoms with E-state index in [1.165, 1.54) is 0 Å². The molecule has 0 bridgehead atoms. The minimum atomic E-state index is -0.287. The Balaban J connectivity index is 3.64. The van der Waals surface area contributed by atoms with Crippen molar-refractivity contribution in [1.82, 2.24) is 10.6 Å². The topological polar surface area (TPSA) is 58.2 Å². The predicted octanol–water partition coefficient (Wildman–Crippen LogP) is 0.451. The van der Waals surface area contributed by atoms with E-state index in [9.17, 15) is 9.59 Å². The fourth-order valence-electron chi connectivity index (χ4n) is 0.692. The monoisotopic (exact) mass is 198 g/mol. The molecule has 14 heavy (non-hydrogen) atoms. The van der Waals surface area contributed by atoms with Gasteiger partial charge in [-0.3, -0.25) is 9.59 Å². The van der Waals surface area contributed by atoms with Crippen molar-refractivity contribution in [2.24, 2.45) is 5.92 Å². The molecule has 0 radical (unpaired) electrons. The first-order valence-corrected chi connectivity index (χ1v) is 4.64. The SMILES string of the molecule is C=C(C)C(=O)NCC(=O)NCC(C)C. The fourth-order valence-corrected chi connectivity index (χ4v) is 0.692. The lowest BCUT2D eigenvalue weighted by Crippen LogP contribution is -2.38. The number of nitrogens with one attached hydrogen (secondary N) is 2. The van der Waals surface area contributed by atoms with Crippen LogP contribution in [-0.4, -0.2) is 24.9 Å². The quantitative estimate of drug-likeness (QED) is 0.630. The molecule has 4 nitrogen and oxygen atoms in total. The molecular formula is C10H18N2O2. The second kappa shape index (κ2) is 6.18. The minimum absolute atomic E-state index is 0.0123. The van der Waals surface area contributed by atoms with Crippen molar-refractivity contribution in [3.63, 3.8) is 0 Å². The summed E-state index contributed by atoms with van der Waals surface area (Å²) in [4.78, 5) is 22.1. The van der Waals surface area contributed by atoms with Crippen molar-refractivity contribution in [3.8, 4) is 0 Å². The third kappa shape index (κ3) is 6.22. The van der Waals surface area contributed by atoms with Crippen molar-refractivity contribution in [2.45, 2.75) is 20.8 Å². The standard InChI is InChI=1S/C10H18N2O2/c1-7(2)5-11-9(13)6-12-10(14)8(3)4/h7H,3,5-6H2,1-2,4H3,(H,11,13)(H,12,14). The van der Waals surface area contributed by atoms with Crippen LogP contribution in [0.1, 0.15) is 20.8 Å². The summed E-state index contributed by atoms with van der Waals surface area (Å²) in [6, 6.07) is 0. The molecule has 0 saturated heterocycles. The Kier molecular flexibility index (Phi) is 5.60. The van der Waals surface area contributed by atoms with E-state index in [0.29, 0.717) is 18.0 Å². The second-order valence-corrected chi connectivity index (χ2v) is 3.66. The van der Waals surface area contributed by atoms with E-state index in [1.807, 2.05) is 13.8 Å². The molecule has 0 fully saturated rings. The first-order chi connectivity index (χ1) is 6.43. The number of hydrogen-bond acceptors (Lipinski definition) is 2. The molecule has 0 spiro atoms. The van der Waals surface area contributed by atoms with E-state index in [1.54, 1.807) is 6.92 Å². The van der Waals surface area contributed by atoms with Crippen LogP contribution < -0.4 is 10.6 Å². The first-order valence-electron chi connectivity index (χ1n) is 4.64. The van der Waals surface area contributed by atoms with Crippen LogP contribution >= 0.6 is 0 Å². The van der Waals surface area contributed by atoms with Crippen molar-refractivity contribution in [2.75, 3.05) is 13.1 Å². The van der Waals surface area contributed by atoms with Gasteiger partial charge in [-0.2, -0.15) is 0 Å². The molecule has 0 atom stereocenters. The molecule has 4 heteroatoms. The summed E-state index contributed by atoms with van der Waals surface area (Å²) in [5, 5.41) is 5.15. The van der Waals surface area contributed by atoms with Crippen molar-refractivity contribution in [3.05, 3.63) is 12.2 Å². The Bertz CT molecular complexity index is 234. The van der Waals surface area contributed by atoms with Crippen LogP contribution in [0.15, 0.2) is 12.2 Å². The molecule has 0 aromatic rings. The molecule has 0 aromatic heterocycles. The van der Waals surface area contributed by atoms with Gasteiger partial charge in [0.25, 0.3) is 0 Å². The Hall–Kier alpha value is -1.32. The van der Waals surface area contributed by atoms with Crippen molar-refractivity contribution in [1.29, 1.82) is 0 Å². The summed E-state index contributed by atoms with van der Waals surface area (Å²) in [5.41, 5.74) is 0.404. The summed E-state index contributed by atoms with van der Waals surface area (Å²) in [7, 11) is 0. The van der Waals surface area contributed by atoms with Crippen LogP contribution in [0.3, 0.4) is 0 Å². The highest BCUT2D eigenvalue weighted by Gasteiger charge is 2.05. The molecule has 0 aliphatic heterocycles. The van der Waals surface area contributed by atoms with E-state index in [4.69, 9.17) is 0 Å². The average Bonchev–Trinajstić information content (AvgIpc) is 2.10. The zero-order chi connectivity index (χ0) is 11.1. The number of amides is 2. The number of rotatable bonds is 5. The molecule has 0 heterocycles. The lowest BCUT2D eigenvalue weighted by atomic mass is 10.2. The van der Waals surface area contributed by atoms with Crippen molar-refractivity contribution < 1.29 is 9.59 Å². The first kappa shape index (κ1) is 12.7. The van der Waals surface area contributed by atoms with Gasteiger partial charge in [0, 0.05) is 12.1 Å². The maximum absolute atomic E-state index is 11.1. The lowest BCUT2D eigenvalue weighted by Gasteiger charge is -2.08. The molecular weight excluding hydrogens is 180 g/mol. The smallest absolute Gasteiger partial charge is 0.246 e. The Labute approximate surface area is 84.8 Å². The summed E-state index contributed by atoms with van der Waals surface area (Å²) in [5.74, 6) is -0.0474. The third-order valence-electron chi connectivity index (χ3n) is 1.50. The van der Waals surface area contributed by atoms with Gasteiger partial charge in [-0.15, -0.1) is 0 Å². The van der Waals surface area contributed by atoms with Gasteiger partial charge < -0.3 is 10.6 Å². The normalized spacial score (nSPS) is 9.71. The molecule has 0 unspecified atom stereocenters. The molecule has 0 aliphatic rings. The van der Waals surface area contributed by atoms with Crippen LogP contribution in [0.25, 0.3) is 0 Å². The van der Waals surface area contributed by atoms with Crippen LogP contribution in [0.5, 0.6) is 0 Å². The van der Waals surface area contributed by atoms with Crippen LogP contribution in [-0.2, 0) is 9.59 Å². The van der Waals surface area contributed by atoms with E-state index in [-0.39, 0.29) is 18.4 Å². The third-order valence-corrected chi connectivity index (χ3v) is 1.50. The maximum Gasteiger partial charge on any atom is 0.246 e. The Morgan fingerprint density at radius 1 is 1.29 bits per heavy atom. The summed E-state index contributed by atoms with van der Waals surface area (Å²) in [6.45, 7) is 9.71. The Morgan fingerprint density at radius 3 is 2.29 bits per heavy atom. The highest BCUT2D eigenvalue weighted by atomic mass is 16.2. The summed E-state index contributed by atoms with van der Waals surface area (Å²) >= 11 is 0. The van der Waals surface area contributed by atoms with Gasteiger partial charge in [0.15, 0.2) is 0 Å². The largest absolute Gasteiger partial charge is 0.354 e. The average molecular weight is 198 g/mol. The second-order valence-electron chi connectivity index (χ2n) is 3.66. The lowest BCUT2D eigenvalue weighted by molar-refractivity contribution is -0.124. The fraction of sp³-hybridized carbons (Fsp3) is 0.600. The predicted molar refractivity (Wildman–Crippen MR) is 55.7 cm³/mol. The number of carbonyl (C=O) groups is 2. The number of carbonyl (C=O) groups excluding carboxylic acids is 2. The molecule has 2 amide bonds. The zero-order valence-electron chi connectivity index (χ0n) is 9.02. The zero-order valence-corrected chi connectivity index (χ0v) is 9.02. The number of hydrogen-bond donors (Lipinski definition) is 2. The van der Waals surface area contributed by atoms with Crippen LogP contribution in [0.2, 0.25) is 0 Å². The Morgan fingerprint density at radius 2 is 1.86 bits per heavy atom. The van der Waals surface area contributed by atoms with E-state index in [0.717, 1.165) is 0 Å². The molecule has 0 saturated carbocycles. The molecule has 0 rings (SSSR count). The van der Waals surface area contributed by atoms with Gasteiger partial charge in [-0.25, -0.2) is 0 Å². The van der Waals surface area contributed by atoms with E-state index >= 15 is 0 Å². The van der Waals surface area contributed by atoms with Crippen molar-refractivity contribution >= 4 is 11.8 Å². The highest BCUT2D eigenvalue weighted by molar-refractivity contribution is 5.94. The maximum atomic E-state index is 11.1. The van der Waals surface area contributed by atoms with Gasteiger partial charge in [-0.05, 0) is 12.8 Å². The summed E-state index contributed by atoms with van der Waals surface area (Å²) < 4.78 is 0. The van der Waals surface area contributed by atoms with Gasteiger partial charge in [0.05, 0.1) is 6.54 Å². The van der Waals surface area contributed by atoms with Crippen LogP contribution in [0, 0.1) is 5.92 Å². The summed E-state index contributed by atoms with van der Waals surface area (Å²) in [6.07, 6.45) is 0. The van der Waals surface area contributed by atoms with Crippen LogP contribution in [0.4, 0.5) is 0 Å². The molecule has 0 aromatic carbocycles.